The highest BCUT2D eigenvalue weighted by Crippen LogP contribution is 2.29. The van der Waals surface area contributed by atoms with E-state index in [0.29, 0.717) is 24.3 Å². The number of hydrogen-bond donors (Lipinski definition) is 1. The van der Waals surface area contributed by atoms with Gasteiger partial charge in [-0.25, -0.2) is 19.5 Å². The van der Waals surface area contributed by atoms with Gasteiger partial charge in [0.15, 0.2) is 0 Å². The van der Waals surface area contributed by atoms with E-state index in [1.165, 1.54) is 4.90 Å². The number of carbonyl (C=O) groups excluding carboxylic acids is 2. The van der Waals surface area contributed by atoms with E-state index in [-0.39, 0.29) is 24.0 Å². The average molecular weight is 573 g/mol. The molecule has 43 heavy (non-hydrogen) atoms. The minimum absolute atomic E-state index is 0.0319. The first-order valence-electron chi connectivity index (χ1n) is 14.5. The van der Waals surface area contributed by atoms with Gasteiger partial charge in [0.1, 0.15) is 12.4 Å². The van der Waals surface area contributed by atoms with Crippen molar-refractivity contribution in [3.63, 3.8) is 0 Å². The van der Waals surface area contributed by atoms with Crippen molar-refractivity contribution in [3.8, 4) is 11.1 Å². The molecule has 0 atom stereocenters. The third-order valence-electron chi connectivity index (χ3n) is 7.84. The molecule has 216 valence electrons. The quantitative estimate of drug-likeness (QED) is 0.187. The summed E-state index contributed by atoms with van der Waals surface area (Å²) < 4.78 is 2.15. The van der Waals surface area contributed by atoms with E-state index in [9.17, 15) is 19.5 Å². The third kappa shape index (κ3) is 5.64. The lowest BCUT2D eigenvalue weighted by atomic mass is 9.99. The molecule has 4 aromatic carbocycles. The van der Waals surface area contributed by atoms with Crippen LogP contribution in [0.5, 0.6) is 0 Å². The van der Waals surface area contributed by atoms with Gasteiger partial charge in [-0.15, -0.1) is 0 Å². The Kier molecular flexibility index (Phi) is 7.75. The molecule has 0 bridgehead atoms. The molecule has 3 amide bonds. The molecule has 0 unspecified atom stereocenters. The lowest BCUT2D eigenvalue weighted by Gasteiger charge is -2.17. The predicted octanol–water partition coefficient (Wildman–Crippen LogP) is 6.76. The number of aryl methyl sites for hydroxylation is 1. The molecule has 1 N–H and O–H groups in total. The molecule has 0 aliphatic carbocycles. The molecule has 1 aliphatic heterocycles. The van der Waals surface area contributed by atoms with E-state index < -0.39 is 5.97 Å². The number of carboxylic acids is 1. The number of aromatic nitrogens is 2. The molecule has 0 spiro atoms. The summed E-state index contributed by atoms with van der Waals surface area (Å²) in [7, 11) is 0. The van der Waals surface area contributed by atoms with Gasteiger partial charge in [-0.2, -0.15) is 0 Å². The summed E-state index contributed by atoms with van der Waals surface area (Å²) in [4.78, 5) is 45.9. The maximum absolute atomic E-state index is 13.4. The molecule has 8 nitrogen and oxygen atoms in total. The Bertz CT molecular complexity index is 1810. The normalized spacial score (nSPS) is 13.3. The van der Waals surface area contributed by atoms with Crippen molar-refractivity contribution >= 4 is 34.6 Å². The molecule has 1 aliphatic rings. The zero-order chi connectivity index (χ0) is 29.9. The predicted molar refractivity (Wildman–Crippen MR) is 166 cm³/mol. The SMILES string of the molecule is CCCCc1nc2ccc(N3C(=O)CN(Cc4ccccc4)C3=O)cc2n1Cc1ccc(-c2ccccc2C(=O)O)cc1. The van der Waals surface area contributed by atoms with E-state index >= 15 is 0 Å². The maximum Gasteiger partial charge on any atom is 0.336 e. The van der Waals surface area contributed by atoms with Crippen LogP contribution in [0.1, 0.15) is 47.1 Å². The first kappa shape index (κ1) is 27.9. The monoisotopic (exact) mass is 572 g/mol. The van der Waals surface area contributed by atoms with Crippen LogP contribution in [-0.2, 0) is 24.3 Å². The Labute approximate surface area is 249 Å². The summed E-state index contributed by atoms with van der Waals surface area (Å²) in [5, 5.41) is 9.61. The van der Waals surface area contributed by atoms with Crippen molar-refractivity contribution in [2.75, 3.05) is 11.4 Å². The van der Waals surface area contributed by atoms with Crippen LogP contribution in [0.2, 0.25) is 0 Å². The third-order valence-corrected chi connectivity index (χ3v) is 7.84. The number of imide groups is 1. The van der Waals surface area contributed by atoms with E-state index in [1.54, 1.807) is 23.1 Å². The number of rotatable bonds is 10. The van der Waals surface area contributed by atoms with Crippen LogP contribution in [0.25, 0.3) is 22.2 Å². The number of aromatic carboxylic acids is 1. The molecule has 1 aromatic heterocycles. The smallest absolute Gasteiger partial charge is 0.336 e. The summed E-state index contributed by atoms with van der Waals surface area (Å²) in [6, 6.07) is 29.7. The van der Waals surface area contributed by atoms with Gasteiger partial charge >= 0.3 is 12.0 Å². The Morgan fingerprint density at radius 1 is 0.860 bits per heavy atom. The standard InChI is InChI=1S/C35H32N4O4/c1-2-3-13-32-36-30-19-18-27(39-33(40)23-37(35(39)43)21-24-9-5-4-6-10-24)20-31(30)38(32)22-25-14-16-26(17-15-25)28-11-7-8-12-29(28)34(41)42/h4-12,14-20H,2-3,13,21-23H2,1H3,(H,41,42). The zero-order valence-electron chi connectivity index (χ0n) is 23.9. The van der Waals surface area contributed by atoms with Crippen molar-refractivity contribution < 1.29 is 19.5 Å². The number of hydrogen-bond acceptors (Lipinski definition) is 4. The first-order chi connectivity index (χ1) is 20.9. The van der Waals surface area contributed by atoms with Crippen molar-refractivity contribution in [3.05, 3.63) is 120 Å². The number of imidazole rings is 1. The summed E-state index contributed by atoms with van der Waals surface area (Å²) in [5.74, 6) is -0.270. The zero-order valence-corrected chi connectivity index (χ0v) is 23.9. The maximum atomic E-state index is 13.4. The van der Waals surface area contributed by atoms with Gasteiger partial charge in [0.05, 0.1) is 22.3 Å². The van der Waals surface area contributed by atoms with Crippen molar-refractivity contribution in [2.45, 2.75) is 39.3 Å². The van der Waals surface area contributed by atoms with Crippen LogP contribution in [0, 0.1) is 0 Å². The van der Waals surface area contributed by atoms with Gasteiger partial charge in [0, 0.05) is 19.5 Å². The molecular formula is C35H32N4O4. The fraction of sp³-hybridized carbons (Fsp3) is 0.200. The number of urea groups is 1. The molecule has 5 aromatic rings. The van der Waals surface area contributed by atoms with Crippen molar-refractivity contribution in [1.29, 1.82) is 0 Å². The van der Waals surface area contributed by atoms with Gasteiger partial charge < -0.3 is 14.6 Å². The van der Waals surface area contributed by atoms with Gasteiger partial charge in [0.25, 0.3) is 5.91 Å². The van der Waals surface area contributed by atoms with Gasteiger partial charge in [-0.05, 0) is 52.9 Å². The summed E-state index contributed by atoms with van der Waals surface area (Å²) in [6.07, 6.45) is 2.82. The number of fused-ring (bicyclic) bond motifs is 1. The van der Waals surface area contributed by atoms with Gasteiger partial charge in [-0.1, -0.05) is 86.1 Å². The van der Waals surface area contributed by atoms with Crippen LogP contribution >= 0.6 is 0 Å². The largest absolute Gasteiger partial charge is 0.478 e. The number of carbonyl (C=O) groups is 3. The second kappa shape index (κ2) is 11.9. The number of benzene rings is 4. The lowest BCUT2D eigenvalue weighted by molar-refractivity contribution is -0.116. The summed E-state index contributed by atoms with van der Waals surface area (Å²) in [5.41, 5.74) is 5.95. The highest BCUT2D eigenvalue weighted by atomic mass is 16.4. The number of anilines is 1. The molecule has 1 saturated heterocycles. The Balaban J connectivity index is 1.31. The molecular weight excluding hydrogens is 540 g/mol. The van der Waals surface area contributed by atoms with E-state index in [4.69, 9.17) is 4.98 Å². The van der Waals surface area contributed by atoms with Crippen LogP contribution in [0.4, 0.5) is 10.5 Å². The molecule has 8 heteroatoms. The van der Waals surface area contributed by atoms with Gasteiger partial charge in [0.2, 0.25) is 0 Å². The topological polar surface area (TPSA) is 95.7 Å². The molecule has 0 radical (unpaired) electrons. The Morgan fingerprint density at radius 2 is 1.58 bits per heavy atom. The van der Waals surface area contributed by atoms with E-state index in [1.807, 2.05) is 78.9 Å². The summed E-state index contributed by atoms with van der Waals surface area (Å²) >= 11 is 0. The molecule has 0 saturated carbocycles. The highest BCUT2D eigenvalue weighted by Gasteiger charge is 2.37. The fourth-order valence-electron chi connectivity index (χ4n) is 5.63. The molecule has 2 heterocycles. The van der Waals surface area contributed by atoms with Crippen molar-refractivity contribution in [2.24, 2.45) is 0 Å². The van der Waals surface area contributed by atoms with E-state index in [2.05, 4.69) is 11.5 Å². The number of amides is 3. The number of unbranched alkanes of at least 4 members (excludes halogenated alkanes) is 1. The second-order valence-corrected chi connectivity index (χ2v) is 10.8. The van der Waals surface area contributed by atoms with Crippen LogP contribution in [0.15, 0.2) is 97.1 Å². The molecule has 1 fully saturated rings. The minimum Gasteiger partial charge on any atom is -0.478 e. The van der Waals surface area contributed by atoms with Crippen LogP contribution in [-0.4, -0.2) is 44.0 Å². The first-order valence-corrected chi connectivity index (χ1v) is 14.5. The fourth-order valence-corrected chi connectivity index (χ4v) is 5.63. The number of carboxylic acid groups (broad SMARTS) is 1. The number of nitrogens with zero attached hydrogens (tertiary/aromatic N) is 4. The second-order valence-electron chi connectivity index (χ2n) is 10.8. The molecule has 6 rings (SSSR count). The lowest BCUT2D eigenvalue weighted by Crippen LogP contribution is -2.32. The summed E-state index contributed by atoms with van der Waals surface area (Å²) in [6.45, 7) is 3.09. The Hall–Kier alpha value is -5.24. The van der Waals surface area contributed by atoms with Crippen molar-refractivity contribution in [1.82, 2.24) is 14.5 Å². The van der Waals surface area contributed by atoms with Gasteiger partial charge in [-0.3, -0.25) is 4.79 Å². The Morgan fingerprint density at radius 3 is 2.33 bits per heavy atom. The highest BCUT2D eigenvalue weighted by molar-refractivity contribution is 6.20. The van der Waals surface area contributed by atoms with E-state index in [0.717, 1.165) is 52.8 Å². The van der Waals surface area contributed by atoms with Crippen LogP contribution < -0.4 is 4.90 Å². The minimum atomic E-state index is -0.959. The van der Waals surface area contributed by atoms with Crippen LogP contribution in [0.3, 0.4) is 0 Å². The average Bonchev–Trinajstić information content (AvgIpc) is 3.51.